The molecule has 1 saturated carbocycles. The molecule has 1 unspecified atom stereocenters. The van der Waals surface area contributed by atoms with E-state index >= 15 is 0 Å². The number of nitrogens with one attached hydrogen (secondary N) is 4. The molecular formula is C32H29ClF3N5O4. The fourth-order valence-corrected chi connectivity index (χ4v) is 5.24. The molecule has 3 amide bonds. The van der Waals surface area contributed by atoms with Crippen LogP contribution in [0.3, 0.4) is 0 Å². The Labute approximate surface area is 262 Å². The van der Waals surface area contributed by atoms with Gasteiger partial charge in [0.15, 0.2) is 0 Å². The lowest BCUT2D eigenvalue weighted by Gasteiger charge is -2.40. The van der Waals surface area contributed by atoms with Gasteiger partial charge < -0.3 is 26.2 Å². The number of likely N-dealkylation sites (N-methyl/N-ethyl adjacent to an activating group) is 1. The molecule has 1 aliphatic heterocycles. The standard InChI is InChI=1S/C32H29ClF3N5O4/c1-19-23-10-8-20(15-24(23)29(44)41(19)27(5-3-14-42)28(43)38-2)6-7-21(17-37)18-39-31(12-4-13-31)30(45)40-26-11-9-22(16-25(26)33)32(34,35)36/h8-11,14-18,27,37,39H,1,3-5,12-13H2,2H3,(H,38,43)(H,40,45)/b21-18-,37-17?. The first kappa shape index (κ1) is 33.0. The van der Waals surface area contributed by atoms with Crippen molar-refractivity contribution in [3.8, 4) is 11.8 Å². The van der Waals surface area contributed by atoms with Crippen molar-refractivity contribution in [3.05, 3.63) is 82.0 Å². The first-order chi connectivity index (χ1) is 21.3. The highest BCUT2D eigenvalue weighted by atomic mass is 35.5. The van der Waals surface area contributed by atoms with Crippen molar-refractivity contribution in [2.24, 2.45) is 0 Å². The van der Waals surface area contributed by atoms with Crippen molar-refractivity contribution in [1.29, 1.82) is 5.41 Å². The number of fused-ring (bicyclic) bond motifs is 1. The Balaban J connectivity index is 1.50. The zero-order chi connectivity index (χ0) is 32.9. The van der Waals surface area contributed by atoms with Crippen LogP contribution >= 0.6 is 11.6 Å². The number of allylic oxidation sites excluding steroid dienone is 1. The molecule has 0 saturated heterocycles. The SMILES string of the molecule is C=C1c2ccc(C#C/C(C=N)=C/NC3(C(=O)Nc4ccc(C(F)(F)F)cc4Cl)CCC3)cc2C(=O)N1C(CCC=O)C(=O)NC. The molecule has 0 aromatic heterocycles. The van der Waals surface area contributed by atoms with E-state index in [-0.39, 0.29) is 34.7 Å². The Morgan fingerprint density at radius 1 is 1.20 bits per heavy atom. The van der Waals surface area contributed by atoms with E-state index in [1.54, 1.807) is 18.2 Å². The van der Waals surface area contributed by atoms with Crippen LogP contribution in [0.15, 0.2) is 54.8 Å². The summed E-state index contributed by atoms with van der Waals surface area (Å²) < 4.78 is 38.9. The number of rotatable bonds is 10. The van der Waals surface area contributed by atoms with E-state index in [0.717, 1.165) is 30.8 Å². The second kappa shape index (κ2) is 13.4. The third-order valence-corrected chi connectivity index (χ3v) is 8.00. The number of hydrogen-bond acceptors (Lipinski definition) is 6. The van der Waals surface area contributed by atoms with Crippen LogP contribution in [0.5, 0.6) is 0 Å². The topological polar surface area (TPSA) is 131 Å². The second-order valence-electron chi connectivity index (χ2n) is 10.5. The molecule has 1 atom stereocenters. The smallest absolute Gasteiger partial charge is 0.376 e. The highest BCUT2D eigenvalue weighted by Gasteiger charge is 2.44. The van der Waals surface area contributed by atoms with Crippen molar-refractivity contribution in [2.75, 3.05) is 12.4 Å². The van der Waals surface area contributed by atoms with Gasteiger partial charge in [-0.05, 0) is 56.0 Å². The summed E-state index contributed by atoms with van der Waals surface area (Å²) in [4.78, 5) is 51.1. The number of amides is 3. The van der Waals surface area contributed by atoms with Gasteiger partial charge in [0.05, 0.1) is 27.4 Å². The van der Waals surface area contributed by atoms with Gasteiger partial charge in [-0.1, -0.05) is 36.1 Å². The summed E-state index contributed by atoms with van der Waals surface area (Å²) in [5.41, 5.74) is -0.154. The first-order valence-electron chi connectivity index (χ1n) is 13.9. The molecule has 9 nitrogen and oxygen atoms in total. The Morgan fingerprint density at radius 3 is 2.51 bits per heavy atom. The maximum absolute atomic E-state index is 13.3. The minimum absolute atomic E-state index is 0.0385. The molecule has 4 rings (SSSR count). The molecule has 2 aromatic rings. The maximum Gasteiger partial charge on any atom is 0.416 e. The van der Waals surface area contributed by atoms with Crippen LogP contribution in [-0.4, -0.2) is 53.8 Å². The Morgan fingerprint density at radius 2 is 1.93 bits per heavy atom. The molecule has 13 heteroatoms. The van der Waals surface area contributed by atoms with Gasteiger partial charge in [0.25, 0.3) is 5.91 Å². The molecule has 234 valence electrons. The van der Waals surface area contributed by atoms with E-state index in [0.29, 0.717) is 36.0 Å². The highest BCUT2D eigenvalue weighted by molar-refractivity contribution is 6.33. The molecule has 0 radical (unpaired) electrons. The third-order valence-electron chi connectivity index (χ3n) is 7.69. The lowest BCUT2D eigenvalue weighted by atomic mass is 9.76. The van der Waals surface area contributed by atoms with Gasteiger partial charge in [0.1, 0.15) is 17.9 Å². The van der Waals surface area contributed by atoms with Crippen LogP contribution in [0, 0.1) is 17.3 Å². The predicted octanol–water partition coefficient (Wildman–Crippen LogP) is 4.91. The molecule has 0 bridgehead atoms. The first-order valence-corrected chi connectivity index (χ1v) is 14.2. The minimum Gasteiger partial charge on any atom is -0.376 e. The van der Waals surface area contributed by atoms with Crippen molar-refractivity contribution >= 4 is 53.2 Å². The summed E-state index contributed by atoms with van der Waals surface area (Å²) in [6.07, 6.45) is 0.311. The molecule has 2 aromatic carbocycles. The maximum atomic E-state index is 13.3. The van der Waals surface area contributed by atoms with Gasteiger partial charge in [-0.3, -0.25) is 19.3 Å². The number of nitrogens with zero attached hydrogens (tertiary/aromatic N) is 1. The summed E-state index contributed by atoms with van der Waals surface area (Å²) in [7, 11) is 1.44. The predicted molar refractivity (Wildman–Crippen MR) is 163 cm³/mol. The van der Waals surface area contributed by atoms with E-state index in [2.05, 4.69) is 34.4 Å². The average Bonchev–Trinajstić information content (AvgIpc) is 3.23. The normalized spacial score (nSPS) is 16.0. The number of aldehydes is 1. The van der Waals surface area contributed by atoms with E-state index < -0.39 is 41.0 Å². The Hall–Kier alpha value is -4.89. The van der Waals surface area contributed by atoms with Gasteiger partial charge in [-0.15, -0.1) is 0 Å². The van der Waals surface area contributed by atoms with E-state index in [1.807, 2.05) is 0 Å². The molecular weight excluding hydrogens is 611 g/mol. The summed E-state index contributed by atoms with van der Waals surface area (Å²) in [5, 5.41) is 15.6. The molecule has 1 aliphatic carbocycles. The molecule has 2 aliphatic rings. The van der Waals surface area contributed by atoms with Gasteiger partial charge in [-0.2, -0.15) is 13.2 Å². The number of hydrogen-bond donors (Lipinski definition) is 4. The number of anilines is 1. The number of alkyl halides is 3. The van der Waals surface area contributed by atoms with Gasteiger partial charge in [0.2, 0.25) is 11.8 Å². The van der Waals surface area contributed by atoms with Crippen LogP contribution in [0.4, 0.5) is 18.9 Å². The van der Waals surface area contributed by atoms with Crippen molar-refractivity contribution < 1.29 is 32.3 Å². The van der Waals surface area contributed by atoms with Crippen molar-refractivity contribution in [1.82, 2.24) is 15.5 Å². The summed E-state index contributed by atoms with van der Waals surface area (Å²) in [6.45, 7) is 3.98. The third kappa shape index (κ3) is 6.94. The van der Waals surface area contributed by atoms with Gasteiger partial charge in [0, 0.05) is 42.7 Å². The zero-order valence-electron chi connectivity index (χ0n) is 24.1. The van der Waals surface area contributed by atoms with Crippen LogP contribution in [0.25, 0.3) is 5.70 Å². The number of halogens is 4. The molecule has 1 fully saturated rings. The number of carbonyl (C=O) groups is 4. The molecule has 1 heterocycles. The highest BCUT2D eigenvalue weighted by Crippen LogP contribution is 2.37. The zero-order valence-corrected chi connectivity index (χ0v) is 24.9. The quantitative estimate of drug-likeness (QED) is 0.167. The lowest BCUT2D eigenvalue weighted by Crippen LogP contribution is -2.57. The van der Waals surface area contributed by atoms with Crippen LogP contribution in [-0.2, 0) is 20.6 Å². The van der Waals surface area contributed by atoms with Crippen molar-refractivity contribution in [2.45, 2.75) is 49.9 Å². The van der Waals surface area contributed by atoms with Crippen molar-refractivity contribution in [3.63, 3.8) is 0 Å². The fraction of sp³-hybridized carbons (Fsp3) is 0.281. The van der Waals surface area contributed by atoms with E-state index in [9.17, 15) is 32.3 Å². The molecule has 4 N–H and O–H groups in total. The van der Waals surface area contributed by atoms with E-state index in [1.165, 1.54) is 18.1 Å². The lowest BCUT2D eigenvalue weighted by molar-refractivity contribution is -0.137. The van der Waals surface area contributed by atoms with Gasteiger partial charge in [-0.25, -0.2) is 0 Å². The van der Waals surface area contributed by atoms with Crippen LogP contribution < -0.4 is 16.0 Å². The number of benzene rings is 2. The number of carbonyl (C=O) groups excluding carboxylic acids is 4. The Bertz CT molecular complexity index is 1670. The van der Waals surface area contributed by atoms with Gasteiger partial charge >= 0.3 is 6.18 Å². The van der Waals surface area contributed by atoms with Crippen LogP contribution in [0.1, 0.15) is 59.2 Å². The minimum atomic E-state index is -4.57. The largest absolute Gasteiger partial charge is 0.416 e. The summed E-state index contributed by atoms with van der Waals surface area (Å²) >= 11 is 6.00. The monoisotopic (exact) mass is 639 g/mol. The molecule has 0 spiro atoms. The van der Waals surface area contributed by atoms with Crippen LogP contribution in [0.2, 0.25) is 5.02 Å². The average molecular weight is 640 g/mol. The second-order valence-corrected chi connectivity index (χ2v) is 10.9. The summed E-state index contributed by atoms with van der Waals surface area (Å²) in [5.74, 6) is 4.36. The Kier molecular flexibility index (Phi) is 9.83. The molecule has 45 heavy (non-hydrogen) atoms. The van der Waals surface area contributed by atoms with E-state index in [4.69, 9.17) is 17.0 Å². The summed E-state index contributed by atoms with van der Waals surface area (Å²) in [6, 6.07) is 6.64. The fourth-order valence-electron chi connectivity index (χ4n) is 5.01.